The van der Waals surface area contributed by atoms with Gasteiger partial charge in [-0.3, -0.25) is 0 Å². The van der Waals surface area contributed by atoms with Crippen LogP contribution < -0.4 is 0 Å². The van der Waals surface area contributed by atoms with Crippen LogP contribution >= 0.6 is 0 Å². The predicted molar refractivity (Wildman–Crippen MR) is 50.1 cm³/mol. The number of hydrogen-bond acceptors (Lipinski definition) is 4. The molecule has 1 fully saturated rings. The Kier molecular flexibility index (Phi) is 3.35. The summed E-state index contributed by atoms with van der Waals surface area (Å²) in [6.45, 7) is 1.50. The number of aliphatic hydroxyl groups is 3. The van der Waals surface area contributed by atoms with Gasteiger partial charge in [-0.2, -0.15) is 0 Å². The number of ether oxygens (including phenoxy) is 1. The van der Waals surface area contributed by atoms with Crippen LogP contribution in [0.25, 0.3) is 0 Å². The number of rotatable bonds is 2. The van der Waals surface area contributed by atoms with Crippen molar-refractivity contribution in [1.29, 1.82) is 0 Å². The normalized spacial score (nSPS) is 46.3. The monoisotopic (exact) mass is 188 g/mol. The van der Waals surface area contributed by atoms with E-state index < -0.39 is 11.7 Å². The van der Waals surface area contributed by atoms with Crippen LogP contribution in [0.4, 0.5) is 0 Å². The minimum absolute atomic E-state index is 0.0136. The van der Waals surface area contributed by atoms with Crippen molar-refractivity contribution in [3.63, 3.8) is 0 Å². The van der Waals surface area contributed by atoms with Crippen LogP contribution in [0.1, 0.15) is 13.3 Å². The Labute approximate surface area is 78.9 Å². The summed E-state index contributed by atoms with van der Waals surface area (Å²) in [4.78, 5) is 0. The molecule has 0 aromatic carbocycles. The minimum atomic E-state index is -0.870. The summed E-state index contributed by atoms with van der Waals surface area (Å²) >= 11 is 0. The molecule has 1 heterocycles. The smallest absolute Gasteiger partial charge is 0.139 e. The molecule has 1 aliphatic heterocycles. The van der Waals surface area contributed by atoms with E-state index in [0.717, 1.165) is 0 Å². The lowest BCUT2D eigenvalue weighted by atomic mass is 9.76. The molecule has 13 heavy (non-hydrogen) atoms. The van der Waals surface area contributed by atoms with Crippen LogP contribution in [0.5, 0.6) is 0 Å². The van der Waals surface area contributed by atoms with E-state index in [0.29, 0.717) is 6.42 Å². The average Bonchev–Trinajstić information content (AvgIpc) is 2.11. The highest BCUT2D eigenvalue weighted by molar-refractivity contribution is 6.11. The quantitative estimate of drug-likeness (QED) is 0.442. The molecule has 1 rings (SSSR count). The zero-order valence-corrected chi connectivity index (χ0v) is 8.10. The summed E-state index contributed by atoms with van der Waals surface area (Å²) in [5.41, 5.74) is -0.870. The molecular weight excluding hydrogens is 171 g/mol. The van der Waals surface area contributed by atoms with E-state index in [1.165, 1.54) is 0 Å². The van der Waals surface area contributed by atoms with E-state index >= 15 is 0 Å². The summed E-state index contributed by atoms with van der Waals surface area (Å²) < 4.78 is 5.48. The Bertz CT molecular complexity index is 178. The van der Waals surface area contributed by atoms with Gasteiger partial charge in [0.2, 0.25) is 0 Å². The van der Waals surface area contributed by atoms with Crippen molar-refractivity contribution in [2.75, 3.05) is 13.2 Å². The zero-order chi connectivity index (χ0) is 10.1. The van der Waals surface area contributed by atoms with E-state index in [1.54, 1.807) is 6.92 Å². The summed E-state index contributed by atoms with van der Waals surface area (Å²) in [6, 6.07) is -0.120. The third-order valence-electron chi connectivity index (χ3n) is 2.90. The first kappa shape index (κ1) is 11.0. The summed E-state index contributed by atoms with van der Waals surface area (Å²) in [5.74, 6) is -0.0328. The van der Waals surface area contributed by atoms with Crippen molar-refractivity contribution in [2.24, 2.45) is 5.92 Å². The molecule has 2 unspecified atom stereocenters. The van der Waals surface area contributed by atoms with E-state index in [9.17, 15) is 5.11 Å². The van der Waals surface area contributed by atoms with Gasteiger partial charge >= 0.3 is 0 Å². The zero-order valence-electron chi connectivity index (χ0n) is 8.10. The highest BCUT2D eigenvalue weighted by atomic mass is 16.5. The van der Waals surface area contributed by atoms with Gasteiger partial charge in [-0.25, -0.2) is 0 Å². The highest BCUT2D eigenvalue weighted by Gasteiger charge is 2.42. The maximum Gasteiger partial charge on any atom is 0.139 e. The van der Waals surface area contributed by atoms with E-state index in [2.05, 4.69) is 0 Å². The fraction of sp³-hybridized carbons (Fsp3) is 1.00. The largest absolute Gasteiger partial charge is 0.396 e. The van der Waals surface area contributed by atoms with Crippen molar-refractivity contribution in [3.8, 4) is 0 Å². The number of hydrogen-bond donors (Lipinski definition) is 3. The lowest BCUT2D eigenvalue weighted by Crippen LogP contribution is -2.55. The van der Waals surface area contributed by atoms with Gasteiger partial charge in [0, 0.05) is 18.5 Å². The Morgan fingerprint density at radius 1 is 1.54 bits per heavy atom. The van der Waals surface area contributed by atoms with Crippen molar-refractivity contribution in [2.45, 2.75) is 31.1 Å². The second kappa shape index (κ2) is 3.96. The SMILES string of the molecule is B[C@@H]1O[C@](C)(CO)C(O)CC1CO. The Hall–Kier alpha value is -0.0951. The molecule has 1 saturated heterocycles. The maximum atomic E-state index is 9.65. The Morgan fingerprint density at radius 2 is 2.15 bits per heavy atom. The fourth-order valence-corrected chi connectivity index (χ4v) is 1.69. The Balaban J connectivity index is 2.66. The molecule has 0 bridgehead atoms. The maximum absolute atomic E-state index is 9.65. The van der Waals surface area contributed by atoms with E-state index in [4.69, 9.17) is 14.9 Å². The van der Waals surface area contributed by atoms with Gasteiger partial charge < -0.3 is 20.1 Å². The molecule has 0 amide bonds. The van der Waals surface area contributed by atoms with Crippen LogP contribution in [0.3, 0.4) is 0 Å². The van der Waals surface area contributed by atoms with Crippen molar-refractivity contribution in [1.82, 2.24) is 0 Å². The predicted octanol–water partition coefficient (Wildman–Crippen LogP) is -1.91. The van der Waals surface area contributed by atoms with Gasteiger partial charge in [-0.05, 0) is 13.3 Å². The van der Waals surface area contributed by atoms with Gasteiger partial charge in [0.15, 0.2) is 0 Å². The molecule has 0 radical (unpaired) electrons. The van der Waals surface area contributed by atoms with Crippen molar-refractivity contribution < 1.29 is 20.1 Å². The summed E-state index contributed by atoms with van der Waals surface area (Å²) in [7, 11) is 1.85. The van der Waals surface area contributed by atoms with Crippen molar-refractivity contribution >= 4 is 7.85 Å². The second-order valence-corrected chi connectivity index (χ2v) is 3.99. The van der Waals surface area contributed by atoms with Crippen LogP contribution in [0.2, 0.25) is 0 Å². The molecule has 4 atom stereocenters. The molecule has 0 aromatic heterocycles. The van der Waals surface area contributed by atoms with Crippen LogP contribution in [-0.2, 0) is 4.74 Å². The average molecular weight is 188 g/mol. The first-order valence-electron chi connectivity index (χ1n) is 4.61. The molecule has 0 saturated carbocycles. The second-order valence-electron chi connectivity index (χ2n) is 3.99. The van der Waals surface area contributed by atoms with Crippen LogP contribution in [0.15, 0.2) is 0 Å². The lowest BCUT2D eigenvalue weighted by Gasteiger charge is -2.44. The van der Waals surface area contributed by atoms with Gasteiger partial charge in [0.1, 0.15) is 13.4 Å². The Morgan fingerprint density at radius 3 is 2.62 bits per heavy atom. The standard InChI is InChI=1S/C8H17BO4/c1-8(4-11)6(12)2-5(3-10)7(9)13-8/h5-7,10-12H,2-4,9H2,1H3/t5?,6?,7-,8-/m1/s1. The summed E-state index contributed by atoms with van der Waals surface area (Å²) in [6.07, 6.45) is -0.222. The highest BCUT2D eigenvalue weighted by Crippen LogP contribution is 2.31. The molecule has 76 valence electrons. The molecule has 4 nitrogen and oxygen atoms in total. The molecule has 3 N–H and O–H groups in total. The molecule has 5 heteroatoms. The number of aliphatic hydroxyl groups excluding tert-OH is 3. The van der Waals surface area contributed by atoms with Gasteiger partial charge in [0.05, 0.1) is 12.7 Å². The van der Waals surface area contributed by atoms with Gasteiger partial charge in [-0.1, -0.05) is 0 Å². The molecule has 0 spiro atoms. The first-order valence-corrected chi connectivity index (χ1v) is 4.61. The van der Waals surface area contributed by atoms with Crippen LogP contribution in [0, 0.1) is 5.92 Å². The minimum Gasteiger partial charge on any atom is -0.396 e. The molecule has 0 aromatic rings. The van der Waals surface area contributed by atoms with Crippen molar-refractivity contribution in [3.05, 3.63) is 0 Å². The third-order valence-corrected chi connectivity index (χ3v) is 2.90. The fourth-order valence-electron chi connectivity index (χ4n) is 1.69. The molecule has 1 aliphatic rings. The topological polar surface area (TPSA) is 69.9 Å². The first-order chi connectivity index (χ1) is 6.03. The van der Waals surface area contributed by atoms with Crippen LogP contribution in [-0.4, -0.2) is 54.1 Å². The van der Waals surface area contributed by atoms with Gasteiger partial charge in [-0.15, -0.1) is 0 Å². The van der Waals surface area contributed by atoms with Gasteiger partial charge in [0.25, 0.3) is 0 Å². The van der Waals surface area contributed by atoms with E-state index in [-0.39, 0.29) is 25.1 Å². The molecule has 0 aliphatic carbocycles. The summed E-state index contributed by atoms with van der Waals surface area (Å²) in [5, 5.41) is 27.7. The lowest BCUT2D eigenvalue weighted by molar-refractivity contribution is -0.198. The molecular formula is C8H17BO4. The van der Waals surface area contributed by atoms with E-state index in [1.807, 2.05) is 7.85 Å². The third kappa shape index (κ3) is 2.04.